The molecule has 0 radical (unpaired) electrons. The molecule has 1 heterocycles. The summed E-state index contributed by atoms with van der Waals surface area (Å²) in [5.74, 6) is 0. The van der Waals surface area contributed by atoms with Crippen LogP contribution < -0.4 is 5.32 Å². The minimum absolute atomic E-state index is 0.208. The molecule has 1 aliphatic heterocycles. The first-order chi connectivity index (χ1) is 6.74. The molecule has 0 bridgehead atoms. The summed E-state index contributed by atoms with van der Waals surface area (Å²) in [5.41, 5.74) is 3.30. The first kappa shape index (κ1) is 9.68. The van der Waals surface area contributed by atoms with Gasteiger partial charge < -0.3 is 10.1 Å². The van der Waals surface area contributed by atoms with Gasteiger partial charge in [0.05, 0.1) is 6.34 Å². The van der Waals surface area contributed by atoms with Gasteiger partial charge in [-0.05, 0) is 34.5 Å². The summed E-state index contributed by atoms with van der Waals surface area (Å²) in [5, 5.41) is 3.09. The Bertz CT molecular complexity index is 390. The molecule has 0 amide bonds. The summed E-state index contributed by atoms with van der Waals surface area (Å²) in [7, 11) is 1.66. The number of anilines is 1. The van der Waals surface area contributed by atoms with Gasteiger partial charge in [-0.2, -0.15) is 0 Å². The van der Waals surface area contributed by atoms with Crippen LogP contribution in [0.1, 0.15) is 17.4 Å². The number of hydrogen-bond donors (Lipinski definition) is 1. The summed E-state index contributed by atoms with van der Waals surface area (Å²) >= 11 is 3.55. The number of aryl methyl sites for hydroxylation is 1. The lowest BCUT2D eigenvalue weighted by molar-refractivity contribution is 0.111. The minimum Gasteiger partial charge on any atom is -0.355 e. The molecule has 2 rings (SSSR count). The fourth-order valence-corrected chi connectivity index (χ4v) is 2.04. The van der Waals surface area contributed by atoms with Crippen molar-refractivity contribution in [2.45, 2.75) is 13.2 Å². The molecule has 4 heteroatoms. The standard InChI is InChI=1S/C10H11BrN2O/c1-6-3-4-7-8(9(6)11)10(14-2)13-5-12-7/h3-5,10H,1-2H3,(H,12,13). The number of halogens is 1. The molecule has 1 N–H and O–H groups in total. The Morgan fingerprint density at radius 1 is 1.50 bits per heavy atom. The van der Waals surface area contributed by atoms with Crippen molar-refractivity contribution in [2.75, 3.05) is 12.4 Å². The van der Waals surface area contributed by atoms with Gasteiger partial charge in [0.2, 0.25) is 0 Å². The van der Waals surface area contributed by atoms with Gasteiger partial charge in [-0.25, -0.2) is 4.99 Å². The maximum Gasteiger partial charge on any atom is 0.178 e. The van der Waals surface area contributed by atoms with Gasteiger partial charge in [-0.1, -0.05) is 6.07 Å². The maximum atomic E-state index is 5.29. The molecule has 0 saturated carbocycles. The predicted octanol–water partition coefficient (Wildman–Crippen LogP) is 2.86. The van der Waals surface area contributed by atoms with Crippen LogP contribution in [-0.2, 0) is 4.74 Å². The molecular formula is C10H11BrN2O. The molecule has 0 aliphatic carbocycles. The Hall–Kier alpha value is -0.870. The Morgan fingerprint density at radius 2 is 2.29 bits per heavy atom. The number of nitrogens with zero attached hydrogens (tertiary/aromatic N) is 1. The molecule has 0 aromatic heterocycles. The van der Waals surface area contributed by atoms with Crippen molar-refractivity contribution in [2.24, 2.45) is 4.99 Å². The lowest BCUT2D eigenvalue weighted by Crippen LogP contribution is -2.12. The zero-order valence-corrected chi connectivity index (χ0v) is 9.63. The lowest BCUT2D eigenvalue weighted by atomic mass is 10.1. The van der Waals surface area contributed by atoms with Crippen LogP contribution in [0.25, 0.3) is 0 Å². The summed E-state index contributed by atoms with van der Waals surface area (Å²) in [6.07, 6.45) is 1.46. The van der Waals surface area contributed by atoms with Crippen LogP contribution in [0.2, 0.25) is 0 Å². The second-order valence-corrected chi connectivity index (χ2v) is 3.96. The molecule has 0 saturated heterocycles. The van der Waals surface area contributed by atoms with Gasteiger partial charge in [0.15, 0.2) is 6.23 Å². The van der Waals surface area contributed by atoms with Gasteiger partial charge in [0.1, 0.15) is 0 Å². The average molecular weight is 255 g/mol. The highest BCUT2D eigenvalue weighted by Crippen LogP contribution is 2.36. The van der Waals surface area contributed by atoms with Crippen LogP contribution in [0, 0.1) is 6.92 Å². The van der Waals surface area contributed by atoms with Crippen molar-refractivity contribution >= 4 is 28.0 Å². The van der Waals surface area contributed by atoms with E-state index in [-0.39, 0.29) is 6.23 Å². The number of fused-ring (bicyclic) bond motifs is 1. The molecule has 1 aromatic rings. The maximum absolute atomic E-state index is 5.29. The van der Waals surface area contributed by atoms with E-state index in [2.05, 4.69) is 39.2 Å². The fraction of sp³-hybridized carbons (Fsp3) is 0.300. The Labute approximate surface area is 91.3 Å². The first-order valence-corrected chi connectivity index (χ1v) is 5.13. The number of benzene rings is 1. The van der Waals surface area contributed by atoms with Crippen LogP contribution in [0.15, 0.2) is 21.6 Å². The molecule has 1 unspecified atom stereocenters. The summed E-state index contributed by atoms with van der Waals surface area (Å²) in [6, 6.07) is 4.09. The molecule has 0 fully saturated rings. The van der Waals surface area contributed by atoms with Crippen molar-refractivity contribution in [3.63, 3.8) is 0 Å². The zero-order chi connectivity index (χ0) is 10.1. The first-order valence-electron chi connectivity index (χ1n) is 4.34. The zero-order valence-electron chi connectivity index (χ0n) is 8.04. The van der Waals surface area contributed by atoms with Crippen LogP contribution in [0.5, 0.6) is 0 Å². The summed E-state index contributed by atoms with van der Waals surface area (Å²) < 4.78 is 6.35. The number of aliphatic imine (C=N–C) groups is 1. The third kappa shape index (κ3) is 1.44. The van der Waals surface area contributed by atoms with E-state index in [0.29, 0.717) is 0 Å². The van der Waals surface area contributed by atoms with Crippen LogP contribution in [-0.4, -0.2) is 13.4 Å². The van der Waals surface area contributed by atoms with Gasteiger partial charge in [0, 0.05) is 22.8 Å². The van der Waals surface area contributed by atoms with Crippen molar-refractivity contribution in [1.29, 1.82) is 0 Å². The molecular weight excluding hydrogens is 244 g/mol. The molecule has 1 atom stereocenters. The van der Waals surface area contributed by atoms with E-state index in [1.807, 2.05) is 6.07 Å². The minimum atomic E-state index is -0.208. The second kappa shape index (κ2) is 3.71. The molecule has 1 aromatic carbocycles. The van der Waals surface area contributed by atoms with Crippen molar-refractivity contribution < 1.29 is 4.74 Å². The molecule has 0 spiro atoms. The summed E-state index contributed by atoms with van der Waals surface area (Å²) in [4.78, 5) is 4.20. The van der Waals surface area contributed by atoms with Crippen LogP contribution >= 0.6 is 15.9 Å². The van der Waals surface area contributed by atoms with Crippen molar-refractivity contribution in [3.05, 3.63) is 27.7 Å². The number of ether oxygens (including phenoxy) is 1. The van der Waals surface area contributed by atoms with Crippen molar-refractivity contribution in [3.8, 4) is 0 Å². The van der Waals surface area contributed by atoms with E-state index in [0.717, 1.165) is 15.7 Å². The normalized spacial score (nSPS) is 18.9. The van der Waals surface area contributed by atoms with Crippen molar-refractivity contribution in [1.82, 2.24) is 0 Å². The van der Waals surface area contributed by atoms with E-state index >= 15 is 0 Å². The topological polar surface area (TPSA) is 33.6 Å². The highest BCUT2D eigenvalue weighted by Gasteiger charge is 2.20. The summed E-state index contributed by atoms with van der Waals surface area (Å²) in [6.45, 7) is 2.05. The molecule has 1 aliphatic rings. The highest BCUT2D eigenvalue weighted by atomic mass is 79.9. The second-order valence-electron chi connectivity index (χ2n) is 3.17. The number of rotatable bonds is 1. The Kier molecular flexibility index (Phi) is 2.56. The van der Waals surface area contributed by atoms with E-state index in [9.17, 15) is 0 Å². The SMILES string of the molecule is COC1N=CNc2ccc(C)c(Br)c21. The Morgan fingerprint density at radius 3 is 3.00 bits per heavy atom. The van der Waals surface area contributed by atoms with E-state index in [1.165, 1.54) is 5.56 Å². The largest absolute Gasteiger partial charge is 0.355 e. The van der Waals surface area contributed by atoms with Crippen LogP contribution in [0.3, 0.4) is 0 Å². The third-order valence-corrected chi connectivity index (χ3v) is 3.33. The Balaban J connectivity index is 2.57. The van der Waals surface area contributed by atoms with E-state index < -0.39 is 0 Å². The van der Waals surface area contributed by atoms with E-state index in [1.54, 1.807) is 13.4 Å². The molecule has 74 valence electrons. The molecule has 14 heavy (non-hydrogen) atoms. The molecule has 3 nitrogen and oxygen atoms in total. The fourth-order valence-electron chi connectivity index (χ4n) is 1.50. The predicted molar refractivity (Wildman–Crippen MR) is 60.7 cm³/mol. The van der Waals surface area contributed by atoms with E-state index in [4.69, 9.17) is 4.74 Å². The monoisotopic (exact) mass is 254 g/mol. The van der Waals surface area contributed by atoms with Crippen LogP contribution in [0.4, 0.5) is 5.69 Å². The number of hydrogen-bond acceptors (Lipinski definition) is 3. The smallest absolute Gasteiger partial charge is 0.178 e. The van der Waals surface area contributed by atoms with Gasteiger partial charge in [0.25, 0.3) is 0 Å². The number of nitrogens with one attached hydrogen (secondary N) is 1. The van der Waals surface area contributed by atoms with Gasteiger partial charge in [-0.15, -0.1) is 0 Å². The van der Waals surface area contributed by atoms with Gasteiger partial charge in [-0.3, -0.25) is 0 Å². The number of methoxy groups -OCH3 is 1. The third-order valence-electron chi connectivity index (χ3n) is 2.27. The van der Waals surface area contributed by atoms with Gasteiger partial charge >= 0.3 is 0 Å². The highest BCUT2D eigenvalue weighted by molar-refractivity contribution is 9.10. The lowest BCUT2D eigenvalue weighted by Gasteiger charge is -2.22. The quantitative estimate of drug-likeness (QED) is 0.837. The average Bonchev–Trinajstić information content (AvgIpc) is 2.23.